The number of ether oxygens (including phenoxy) is 4. The number of hydrogen-bond donors (Lipinski definition) is 4. The van der Waals surface area contributed by atoms with E-state index in [1.165, 1.54) is 109 Å². The molecule has 0 spiro atoms. The molecule has 4 N–H and O–H groups in total. The second-order valence-electron chi connectivity index (χ2n) is 13.9. The number of hydrogen-bond acceptors (Lipinski definition) is 11. The van der Waals surface area contributed by atoms with E-state index in [2.05, 4.69) is 23.3 Å². The van der Waals surface area contributed by atoms with Gasteiger partial charge < -0.3 is 34.3 Å². The van der Waals surface area contributed by atoms with Crippen LogP contribution >= 0.6 is 0 Å². The van der Waals surface area contributed by atoms with Gasteiger partial charge in [0.05, 0.1) is 19.8 Å². The third-order valence-corrected chi connectivity index (χ3v) is 9.60. The quantitative estimate of drug-likeness (QED) is 0.0227. The largest absolute Gasteiger partial charge is 0.457 e. The van der Waals surface area contributed by atoms with Crippen LogP contribution in [0, 0.1) is 0 Å². The van der Waals surface area contributed by atoms with Gasteiger partial charge in [0.15, 0.2) is 6.29 Å². The van der Waals surface area contributed by atoms with Crippen molar-refractivity contribution in [2.75, 3.05) is 26.4 Å². The van der Waals surface area contributed by atoms with Crippen LogP contribution in [0.5, 0.6) is 0 Å². The third-order valence-electron chi connectivity index (χ3n) is 9.14. The minimum absolute atomic E-state index is 0.0345. The highest BCUT2D eigenvalue weighted by molar-refractivity contribution is 7.80. The molecular formula is C38H72O12S. The molecule has 1 fully saturated rings. The summed E-state index contributed by atoms with van der Waals surface area (Å²) in [5, 5.41) is 30.3. The smallest absolute Gasteiger partial charge is 0.397 e. The molecule has 6 atom stereocenters. The summed E-state index contributed by atoms with van der Waals surface area (Å²) in [5.74, 6) is -0.434. The lowest BCUT2D eigenvalue weighted by Gasteiger charge is -2.41. The first-order valence-corrected chi connectivity index (χ1v) is 21.3. The molecule has 0 aliphatic carbocycles. The lowest BCUT2D eigenvalue weighted by Crippen LogP contribution is -2.60. The molecule has 1 heterocycles. The highest BCUT2D eigenvalue weighted by atomic mass is 32.3. The SMILES string of the molecule is CCCCCCCCCC/C=C\CCCCCCCCCCCCOCC(COC1OC(CO)C(O)C(OS(=O)(=O)O)C1O)OC(=O)CCCC. The van der Waals surface area contributed by atoms with Crippen molar-refractivity contribution in [1.82, 2.24) is 0 Å². The Morgan fingerprint density at radius 3 is 1.75 bits per heavy atom. The van der Waals surface area contributed by atoms with Crippen molar-refractivity contribution in [2.45, 2.75) is 198 Å². The van der Waals surface area contributed by atoms with Crippen LogP contribution in [-0.4, -0.2) is 97.5 Å². The fourth-order valence-corrected chi connectivity index (χ4v) is 6.56. The number of aliphatic hydroxyl groups is 3. The lowest BCUT2D eigenvalue weighted by molar-refractivity contribution is -0.301. The summed E-state index contributed by atoms with van der Waals surface area (Å²) in [7, 11) is -5.04. The minimum Gasteiger partial charge on any atom is -0.457 e. The maximum absolute atomic E-state index is 12.3. The minimum atomic E-state index is -5.04. The van der Waals surface area contributed by atoms with Crippen molar-refractivity contribution in [1.29, 1.82) is 0 Å². The Hall–Kier alpha value is -1.16. The van der Waals surface area contributed by atoms with Crippen molar-refractivity contribution in [3.8, 4) is 0 Å². The number of aliphatic hydroxyl groups excluding tert-OH is 3. The van der Waals surface area contributed by atoms with E-state index in [0.29, 0.717) is 13.0 Å². The first-order valence-electron chi connectivity index (χ1n) is 19.9. The summed E-state index contributed by atoms with van der Waals surface area (Å²) in [5.41, 5.74) is 0. The zero-order valence-electron chi connectivity index (χ0n) is 31.7. The van der Waals surface area contributed by atoms with Crippen molar-refractivity contribution in [3.63, 3.8) is 0 Å². The maximum atomic E-state index is 12.3. The second-order valence-corrected chi connectivity index (χ2v) is 14.9. The molecule has 6 unspecified atom stereocenters. The molecule has 0 aromatic carbocycles. The predicted molar refractivity (Wildman–Crippen MR) is 198 cm³/mol. The summed E-state index contributed by atoms with van der Waals surface area (Å²) in [6, 6.07) is 0. The first-order chi connectivity index (χ1) is 24.6. The lowest BCUT2D eigenvalue weighted by atomic mass is 9.99. The number of rotatable bonds is 34. The number of carbonyl (C=O) groups is 1. The molecule has 13 heteroatoms. The summed E-state index contributed by atoms with van der Waals surface area (Å²) < 4.78 is 58.2. The number of allylic oxidation sites excluding steroid dienone is 2. The van der Waals surface area contributed by atoms with Gasteiger partial charge in [0, 0.05) is 13.0 Å². The van der Waals surface area contributed by atoms with Gasteiger partial charge >= 0.3 is 16.4 Å². The Morgan fingerprint density at radius 2 is 1.24 bits per heavy atom. The van der Waals surface area contributed by atoms with Crippen LogP contribution in [0.1, 0.15) is 162 Å². The van der Waals surface area contributed by atoms with Gasteiger partial charge in [-0.15, -0.1) is 0 Å². The predicted octanol–water partition coefficient (Wildman–Crippen LogP) is 7.13. The van der Waals surface area contributed by atoms with E-state index in [1.54, 1.807) is 0 Å². The zero-order chi connectivity index (χ0) is 37.6. The van der Waals surface area contributed by atoms with Gasteiger partial charge in [0.2, 0.25) is 0 Å². The molecule has 0 aromatic rings. The van der Waals surface area contributed by atoms with Gasteiger partial charge in [0.25, 0.3) is 0 Å². The van der Waals surface area contributed by atoms with Gasteiger partial charge in [-0.2, -0.15) is 8.42 Å². The molecule has 1 aliphatic rings. The first kappa shape index (κ1) is 47.9. The van der Waals surface area contributed by atoms with Crippen LogP contribution in [0.15, 0.2) is 12.2 Å². The standard InChI is InChI=1S/C38H72O12S/c1-3-5-7-8-9-10-11-12-13-14-15-16-17-18-19-20-21-22-23-24-25-26-28-46-30-32(48-34(40)27-6-4-2)31-47-38-36(42)37(50-51(43,44)45)35(41)33(29-39)49-38/h14-15,32-33,35-39,41-42H,3-13,16-31H2,1-2H3,(H,43,44,45)/b15-14-. The zero-order valence-corrected chi connectivity index (χ0v) is 32.5. The van der Waals surface area contributed by atoms with Crippen LogP contribution in [0.2, 0.25) is 0 Å². The van der Waals surface area contributed by atoms with E-state index in [0.717, 1.165) is 25.7 Å². The number of esters is 1. The summed E-state index contributed by atoms with van der Waals surface area (Å²) in [6.07, 6.45) is 22.6. The van der Waals surface area contributed by atoms with Crippen molar-refractivity contribution in [2.24, 2.45) is 0 Å². The van der Waals surface area contributed by atoms with Gasteiger partial charge in [0.1, 0.15) is 30.5 Å². The van der Waals surface area contributed by atoms with E-state index in [9.17, 15) is 28.5 Å². The molecule has 302 valence electrons. The van der Waals surface area contributed by atoms with Crippen LogP contribution in [-0.2, 0) is 38.3 Å². The van der Waals surface area contributed by atoms with E-state index in [1.807, 2.05) is 6.92 Å². The van der Waals surface area contributed by atoms with Gasteiger partial charge in [-0.05, 0) is 38.5 Å². The Morgan fingerprint density at radius 1 is 0.725 bits per heavy atom. The molecule has 12 nitrogen and oxygen atoms in total. The van der Waals surface area contributed by atoms with Crippen molar-refractivity contribution in [3.05, 3.63) is 12.2 Å². The molecule has 1 aliphatic heterocycles. The highest BCUT2D eigenvalue weighted by Crippen LogP contribution is 2.26. The molecule has 1 rings (SSSR count). The van der Waals surface area contributed by atoms with E-state index < -0.39 is 59.8 Å². The highest BCUT2D eigenvalue weighted by Gasteiger charge is 2.48. The van der Waals surface area contributed by atoms with Gasteiger partial charge in [-0.25, -0.2) is 4.18 Å². The second kappa shape index (κ2) is 31.2. The molecule has 0 aromatic heterocycles. The molecule has 0 bridgehead atoms. The Kier molecular flexibility index (Phi) is 29.3. The molecular weight excluding hydrogens is 680 g/mol. The van der Waals surface area contributed by atoms with Crippen LogP contribution < -0.4 is 0 Å². The van der Waals surface area contributed by atoms with Crippen LogP contribution in [0.4, 0.5) is 0 Å². The van der Waals surface area contributed by atoms with Crippen molar-refractivity contribution >= 4 is 16.4 Å². The topological polar surface area (TPSA) is 178 Å². The monoisotopic (exact) mass is 752 g/mol. The molecule has 0 saturated carbocycles. The average molecular weight is 753 g/mol. The summed E-state index contributed by atoms with van der Waals surface area (Å²) >= 11 is 0. The fraction of sp³-hybridized carbons (Fsp3) is 0.921. The van der Waals surface area contributed by atoms with Gasteiger partial charge in [-0.1, -0.05) is 129 Å². The third kappa shape index (κ3) is 25.5. The van der Waals surface area contributed by atoms with E-state index >= 15 is 0 Å². The Bertz CT molecular complexity index is 963. The molecule has 0 radical (unpaired) electrons. The van der Waals surface area contributed by atoms with Crippen LogP contribution in [0.3, 0.4) is 0 Å². The van der Waals surface area contributed by atoms with Crippen molar-refractivity contribution < 1.29 is 56.2 Å². The van der Waals surface area contributed by atoms with E-state index in [-0.39, 0.29) is 19.6 Å². The van der Waals surface area contributed by atoms with E-state index in [4.69, 9.17) is 23.5 Å². The van der Waals surface area contributed by atoms with Crippen LogP contribution in [0.25, 0.3) is 0 Å². The fourth-order valence-electron chi connectivity index (χ4n) is 6.06. The Labute approximate surface area is 308 Å². The number of unbranched alkanes of at least 4 members (excludes halogenated alkanes) is 19. The summed E-state index contributed by atoms with van der Waals surface area (Å²) in [4.78, 5) is 12.3. The molecule has 51 heavy (non-hydrogen) atoms. The normalized spacial score (nSPS) is 21.7. The molecule has 1 saturated heterocycles. The number of carbonyl (C=O) groups excluding carboxylic acids is 1. The van der Waals surface area contributed by atoms with Gasteiger partial charge in [-0.3, -0.25) is 9.35 Å². The Balaban J connectivity index is 2.19. The molecule has 0 amide bonds. The average Bonchev–Trinajstić information content (AvgIpc) is 3.10. The maximum Gasteiger partial charge on any atom is 0.397 e. The summed E-state index contributed by atoms with van der Waals surface area (Å²) in [6.45, 7) is 3.71.